The molecule has 1 fully saturated rings. The Hall–Kier alpha value is -2.25. The minimum atomic E-state index is -0.441. The largest absolute Gasteiger partial charge is 0.426 e. The number of non-ortho nitro benzene ring substituents is 1. The lowest BCUT2D eigenvalue weighted by atomic mass is 9.83. The molecule has 0 spiro atoms. The number of carbonyl (C=O) groups is 1. The van der Waals surface area contributed by atoms with Crippen LogP contribution in [0.25, 0.3) is 0 Å². The van der Waals surface area contributed by atoms with Crippen LogP contribution < -0.4 is 4.74 Å². The van der Waals surface area contributed by atoms with E-state index in [9.17, 15) is 14.9 Å². The number of halogens is 1. The zero-order valence-electron chi connectivity index (χ0n) is 14.5. The van der Waals surface area contributed by atoms with Crippen LogP contribution in [0.4, 0.5) is 5.69 Å². The van der Waals surface area contributed by atoms with E-state index in [1.807, 2.05) is 25.2 Å². The van der Waals surface area contributed by atoms with Crippen LogP contribution in [0.2, 0.25) is 0 Å². The molecule has 2 atom stereocenters. The number of benzene rings is 2. The lowest BCUT2D eigenvalue weighted by Crippen LogP contribution is -2.14. The molecule has 0 amide bonds. The molecule has 2 aromatic rings. The average Bonchev–Trinajstić information content (AvgIpc) is 2.96. The molecule has 0 saturated carbocycles. The molecule has 7 heteroatoms. The van der Waals surface area contributed by atoms with E-state index < -0.39 is 10.9 Å². The first kappa shape index (κ1) is 18.5. The Morgan fingerprint density at radius 3 is 2.46 bits per heavy atom. The molecule has 0 aromatic heterocycles. The summed E-state index contributed by atoms with van der Waals surface area (Å²) < 4.78 is 6.35. The van der Waals surface area contributed by atoms with E-state index in [0.29, 0.717) is 11.3 Å². The van der Waals surface area contributed by atoms with Gasteiger partial charge in [0.15, 0.2) is 0 Å². The highest BCUT2D eigenvalue weighted by atomic mass is 79.9. The van der Waals surface area contributed by atoms with Crippen molar-refractivity contribution < 1.29 is 14.5 Å². The van der Waals surface area contributed by atoms with Crippen LogP contribution in [0.15, 0.2) is 46.9 Å². The van der Waals surface area contributed by atoms with E-state index in [4.69, 9.17) is 4.74 Å². The molecule has 1 unspecified atom stereocenters. The zero-order chi connectivity index (χ0) is 18.8. The van der Waals surface area contributed by atoms with Gasteiger partial charge in [-0.05, 0) is 24.7 Å². The molecular weight excluding hydrogens is 400 g/mol. The van der Waals surface area contributed by atoms with Crippen molar-refractivity contribution >= 4 is 27.6 Å². The van der Waals surface area contributed by atoms with Gasteiger partial charge < -0.3 is 9.64 Å². The second-order valence-electron chi connectivity index (χ2n) is 6.53. The monoisotopic (exact) mass is 418 g/mol. The smallest absolute Gasteiger partial charge is 0.308 e. The molecule has 1 aliphatic heterocycles. The van der Waals surface area contributed by atoms with Gasteiger partial charge in [0.25, 0.3) is 5.69 Å². The molecule has 0 bridgehead atoms. The Kier molecular flexibility index (Phi) is 5.38. The lowest BCUT2D eigenvalue weighted by molar-refractivity contribution is -0.385. The van der Waals surface area contributed by atoms with Gasteiger partial charge in [-0.1, -0.05) is 34.1 Å². The summed E-state index contributed by atoms with van der Waals surface area (Å²) in [6, 6.07) is 12.4. The van der Waals surface area contributed by atoms with E-state index in [-0.39, 0.29) is 17.5 Å². The van der Waals surface area contributed by atoms with Gasteiger partial charge >= 0.3 is 5.97 Å². The van der Waals surface area contributed by atoms with E-state index in [0.717, 1.165) is 23.1 Å². The Morgan fingerprint density at radius 1 is 1.19 bits per heavy atom. The maximum absolute atomic E-state index is 11.5. The first-order valence-electron chi connectivity index (χ1n) is 8.26. The van der Waals surface area contributed by atoms with Gasteiger partial charge in [-0.2, -0.15) is 0 Å². The highest BCUT2D eigenvalue weighted by Crippen LogP contribution is 2.45. The van der Waals surface area contributed by atoms with Gasteiger partial charge in [-0.25, -0.2) is 0 Å². The second kappa shape index (κ2) is 7.55. The summed E-state index contributed by atoms with van der Waals surface area (Å²) in [7, 11) is 2.02. The van der Waals surface area contributed by atoms with Crippen molar-refractivity contribution in [2.24, 2.45) is 0 Å². The van der Waals surface area contributed by atoms with Gasteiger partial charge in [0.2, 0.25) is 0 Å². The predicted octanol–water partition coefficient (Wildman–Crippen LogP) is 4.10. The van der Waals surface area contributed by atoms with Crippen molar-refractivity contribution in [1.29, 1.82) is 0 Å². The van der Waals surface area contributed by atoms with Crippen LogP contribution in [-0.2, 0) is 4.79 Å². The number of esters is 1. The number of nitrogens with zero attached hydrogens (tertiary/aromatic N) is 2. The van der Waals surface area contributed by atoms with Crippen LogP contribution in [0.5, 0.6) is 5.75 Å². The third-order valence-corrected chi connectivity index (χ3v) is 5.39. The van der Waals surface area contributed by atoms with E-state index >= 15 is 0 Å². The normalized spacial score (nSPS) is 20.1. The average molecular weight is 419 g/mol. The topological polar surface area (TPSA) is 72.7 Å². The number of likely N-dealkylation sites (tertiary alicyclic amines) is 1. The molecule has 6 nitrogen and oxygen atoms in total. The maximum Gasteiger partial charge on any atom is 0.308 e. The summed E-state index contributed by atoms with van der Waals surface area (Å²) in [5.41, 5.74) is 1.83. The fourth-order valence-corrected chi connectivity index (χ4v) is 4.17. The summed E-state index contributed by atoms with van der Waals surface area (Å²) in [5, 5.41) is 11.3. The summed E-state index contributed by atoms with van der Waals surface area (Å²) in [6.45, 7) is 2.87. The molecule has 0 aliphatic carbocycles. The van der Waals surface area contributed by atoms with Gasteiger partial charge in [-0.15, -0.1) is 0 Å². The minimum Gasteiger partial charge on any atom is -0.426 e. The summed E-state index contributed by atoms with van der Waals surface area (Å²) in [6.07, 6.45) is 0. The van der Waals surface area contributed by atoms with Crippen molar-refractivity contribution in [2.45, 2.75) is 18.8 Å². The van der Waals surface area contributed by atoms with Crippen molar-refractivity contribution in [2.75, 3.05) is 20.1 Å². The Labute approximate surface area is 160 Å². The Bertz CT molecular complexity index is 855. The second-order valence-corrected chi connectivity index (χ2v) is 7.38. The first-order valence-corrected chi connectivity index (χ1v) is 9.06. The Morgan fingerprint density at radius 2 is 1.85 bits per heavy atom. The molecule has 0 N–H and O–H groups in total. The first-order chi connectivity index (χ1) is 12.4. The van der Waals surface area contributed by atoms with E-state index in [1.165, 1.54) is 25.1 Å². The number of nitro benzene ring substituents is 1. The van der Waals surface area contributed by atoms with Gasteiger partial charge in [0, 0.05) is 54.0 Å². The third-order valence-electron chi connectivity index (χ3n) is 4.66. The SMILES string of the molecule is CC(=O)Oc1ccc([N+](=O)[O-])cc1[C@H]1CN(C)CC1c1ccccc1Br. The van der Waals surface area contributed by atoms with Gasteiger partial charge in [0.1, 0.15) is 5.75 Å². The van der Waals surface area contributed by atoms with Gasteiger partial charge in [0.05, 0.1) is 4.92 Å². The number of rotatable bonds is 4. The zero-order valence-corrected chi connectivity index (χ0v) is 16.1. The summed E-state index contributed by atoms with van der Waals surface area (Å²) in [5.74, 6) is 0.0594. The predicted molar refractivity (Wildman–Crippen MR) is 102 cm³/mol. The molecular formula is C19H19BrN2O4. The molecule has 2 aromatic carbocycles. The fourth-order valence-electron chi connectivity index (χ4n) is 3.59. The highest BCUT2D eigenvalue weighted by Gasteiger charge is 2.36. The van der Waals surface area contributed by atoms with E-state index in [2.05, 4.69) is 26.9 Å². The summed E-state index contributed by atoms with van der Waals surface area (Å²) >= 11 is 3.61. The quantitative estimate of drug-likeness (QED) is 0.323. The van der Waals surface area contributed by atoms with Crippen molar-refractivity contribution in [3.8, 4) is 5.75 Å². The van der Waals surface area contributed by atoms with E-state index in [1.54, 1.807) is 0 Å². The molecule has 1 heterocycles. The molecule has 1 aliphatic rings. The van der Waals surface area contributed by atoms with Crippen LogP contribution >= 0.6 is 15.9 Å². The molecule has 136 valence electrons. The standard InChI is InChI=1S/C19H19BrN2O4/c1-12(23)26-19-8-7-13(22(24)25)9-15(19)17-11-21(2)10-16(17)14-5-3-4-6-18(14)20/h3-9,16-17H,10-11H2,1-2H3/t16?,17-/m1/s1. The molecule has 1 saturated heterocycles. The molecule has 3 rings (SSSR count). The third kappa shape index (κ3) is 3.78. The maximum atomic E-state index is 11.5. The number of hydrogen-bond donors (Lipinski definition) is 0. The van der Waals surface area contributed by atoms with Gasteiger partial charge in [-0.3, -0.25) is 14.9 Å². The lowest BCUT2D eigenvalue weighted by Gasteiger charge is -2.22. The number of nitro groups is 1. The highest BCUT2D eigenvalue weighted by molar-refractivity contribution is 9.10. The number of hydrogen-bond acceptors (Lipinski definition) is 5. The number of carbonyl (C=O) groups excluding carboxylic acids is 1. The van der Waals surface area contributed by atoms with Crippen molar-refractivity contribution in [3.63, 3.8) is 0 Å². The van der Waals surface area contributed by atoms with Crippen LogP contribution in [-0.4, -0.2) is 35.9 Å². The van der Waals surface area contributed by atoms with Crippen LogP contribution in [0, 0.1) is 10.1 Å². The van der Waals surface area contributed by atoms with Crippen LogP contribution in [0.3, 0.4) is 0 Å². The molecule has 26 heavy (non-hydrogen) atoms. The summed E-state index contributed by atoms with van der Waals surface area (Å²) in [4.78, 5) is 24.5. The number of likely N-dealkylation sites (N-methyl/N-ethyl adjacent to an activating group) is 1. The minimum absolute atomic E-state index is 0.00340. The van der Waals surface area contributed by atoms with Crippen molar-refractivity contribution in [3.05, 3.63) is 68.2 Å². The van der Waals surface area contributed by atoms with Crippen LogP contribution in [0.1, 0.15) is 29.9 Å². The fraction of sp³-hybridized carbons (Fsp3) is 0.316. The van der Waals surface area contributed by atoms with Crippen molar-refractivity contribution in [1.82, 2.24) is 4.90 Å². The number of ether oxygens (including phenoxy) is 1. The molecule has 0 radical (unpaired) electrons. The Balaban J connectivity index is 2.09.